The molecule has 0 atom stereocenters. The summed E-state index contributed by atoms with van der Waals surface area (Å²) in [6.45, 7) is 0. The first-order valence-electron chi connectivity index (χ1n) is 4.94. The molecule has 0 saturated heterocycles. The quantitative estimate of drug-likeness (QED) is 0.651. The first kappa shape index (κ1) is 13.9. The number of alkyl halides is 1. The van der Waals surface area contributed by atoms with Crippen LogP contribution in [0.5, 0.6) is 11.6 Å². The van der Waals surface area contributed by atoms with Gasteiger partial charge in [0.05, 0.1) is 21.1 Å². The van der Waals surface area contributed by atoms with Gasteiger partial charge < -0.3 is 4.74 Å². The molecule has 6 heteroatoms. The van der Waals surface area contributed by atoms with Crippen LogP contribution in [0.3, 0.4) is 0 Å². The number of halogens is 4. The van der Waals surface area contributed by atoms with E-state index in [9.17, 15) is 0 Å². The van der Waals surface area contributed by atoms with E-state index in [0.29, 0.717) is 27.4 Å². The van der Waals surface area contributed by atoms with Crippen molar-refractivity contribution in [2.75, 3.05) is 0 Å². The van der Waals surface area contributed by atoms with E-state index in [-0.39, 0.29) is 5.88 Å². The lowest BCUT2D eigenvalue weighted by Crippen LogP contribution is -1.93. The van der Waals surface area contributed by atoms with Gasteiger partial charge in [0.2, 0.25) is 5.88 Å². The van der Waals surface area contributed by atoms with Crippen molar-refractivity contribution in [3.05, 3.63) is 50.5 Å². The zero-order valence-corrected chi connectivity index (χ0v) is 12.8. The summed E-state index contributed by atoms with van der Waals surface area (Å²) in [6, 6.07) is 8.61. The predicted octanol–water partition coefficient (Wildman–Crippen LogP) is 5.68. The topological polar surface area (TPSA) is 22.1 Å². The van der Waals surface area contributed by atoms with Gasteiger partial charge in [-0.2, -0.15) is 0 Å². The second-order valence-electron chi connectivity index (χ2n) is 3.39. The van der Waals surface area contributed by atoms with Gasteiger partial charge in [-0.3, -0.25) is 0 Å². The van der Waals surface area contributed by atoms with Gasteiger partial charge in [0.1, 0.15) is 5.75 Å². The van der Waals surface area contributed by atoms with Crippen LogP contribution in [0.4, 0.5) is 0 Å². The van der Waals surface area contributed by atoms with E-state index in [1.54, 1.807) is 30.3 Å². The minimum absolute atomic E-state index is 0.234. The molecule has 0 fully saturated rings. The van der Waals surface area contributed by atoms with E-state index in [1.165, 1.54) is 0 Å². The van der Waals surface area contributed by atoms with Crippen molar-refractivity contribution in [3.8, 4) is 11.6 Å². The molecule has 1 aromatic heterocycles. The Balaban J connectivity index is 2.28. The molecule has 0 aliphatic heterocycles. The van der Waals surface area contributed by atoms with Gasteiger partial charge in [-0.1, -0.05) is 23.2 Å². The lowest BCUT2D eigenvalue weighted by Gasteiger charge is -2.08. The van der Waals surface area contributed by atoms with Crippen molar-refractivity contribution >= 4 is 50.7 Å². The third-order valence-electron chi connectivity index (χ3n) is 2.13. The molecule has 0 unspecified atom stereocenters. The van der Waals surface area contributed by atoms with Crippen LogP contribution < -0.4 is 4.74 Å². The zero-order valence-electron chi connectivity index (χ0n) is 8.96. The van der Waals surface area contributed by atoms with Crippen molar-refractivity contribution in [1.29, 1.82) is 0 Å². The molecule has 1 heterocycles. The lowest BCUT2D eigenvalue weighted by molar-refractivity contribution is 0.458. The Morgan fingerprint density at radius 2 is 1.94 bits per heavy atom. The number of nitrogens with zero attached hydrogens (tertiary/aromatic N) is 1. The highest BCUT2D eigenvalue weighted by atomic mass is 79.9. The maximum absolute atomic E-state index is 5.92. The van der Waals surface area contributed by atoms with Crippen molar-refractivity contribution in [2.45, 2.75) is 5.88 Å². The summed E-state index contributed by atoms with van der Waals surface area (Å²) in [6.07, 6.45) is 0. The summed E-state index contributed by atoms with van der Waals surface area (Å²) in [5.41, 5.74) is 0.584. The maximum atomic E-state index is 5.92. The number of rotatable bonds is 3. The van der Waals surface area contributed by atoms with E-state index in [2.05, 4.69) is 20.9 Å². The van der Waals surface area contributed by atoms with Gasteiger partial charge in [-0.25, -0.2) is 4.98 Å². The van der Waals surface area contributed by atoms with Gasteiger partial charge in [0.25, 0.3) is 0 Å². The fourth-order valence-corrected chi connectivity index (χ4v) is 2.49. The molecule has 0 aliphatic carbocycles. The van der Waals surface area contributed by atoms with Gasteiger partial charge in [0.15, 0.2) is 0 Å². The van der Waals surface area contributed by atoms with Crippen LogP contribution in [0.25, 0.3) is 0 Å². The molecule has 0 saturated carbocycles. The summed E-state index contributed by atoms with van der Waals surface area (Å²) in [5, 5.41) is 1.15. The molecule has 0 bridgehead atoms. The summed E-state index contributed by atoms with van der Waals surface area (Å²) < 4.78 is 6.38. The Morgan fingerprint density at radius 3 is 2.61 bits per heavy atom. The summed E-state index contributed by atoms with van der Waals surface area (Å²) in [5.74, 6) is 1.28. The Hall–Kier alpha value is -0.480. The molecule has 18 heavy (non-hydrogen) atoms. The molecule has 2 nitrogen and oxygen atoms in total. The largest absolute Gasteiger partial charge is 0.438 e. The average Bonchev–Trinajstić information content (AvgIpc) is 2.35. The zero-order chi connectivity index (χ0) is 13.1. The Bertz CT molecular complexity index is 577. The lowest BCUT2D eigenvalue weighted by atomic mass is 10.3. The number of hydrogen-bond donors (Lipinski definition) is 0. The van der Waals surface area contributed by atoms with Crippen LogP contribution in [-0.2, 0) is 5.88 Å². The first-order valence-corrected chi connectivity index (χ1v) is 7.03. The highest BCUT2D eigenvalue weighted by molar-refractivity contribution is 9.10. The maximum Gasteiger partial charge on any atom is 0.219 e. The fraction of sp³-hybridized carbons (Fsp3) is 0.0833. The molecule has 0 aliphatic rings. The van der Waals surface area contributed by atoms with Crippen LogP contribution in [0.15, 0.2) is 34.8 Å². The number of hydrogen-bond acceptors (Lipinski definition) is 2. The van der Waals surface area contributed by atoms with Gasteiger partial charge >= 0.3 is 0 Å². The molecular weight excluding hydrogens is 360 g/mol. The van der Waals surface area contributed by atoms with Crippen LogP contribution in [0.1, 0.15) is 5.69 Å². The third-order valence-corrected chi connectivity index (χ3v) is 3.58. The van der Waals surface area contributed by atoms with Crippen molar-refractivity contribution in [3.63, 3.8) is 0 Å². The van der Waals surface area contributed by atoms with Crippen LogP contribution >= 0.6 is 50.7 Å². The second kappa shape index (κ2) is 6.11. The molecule has 1 aromatic carbocycles. The molecule has 2 aromatic rings. The normalized spacial score (nSPS) is 10.4. The molecule has 0 spiro atoms. The van der Waals surface area contributed by atoms with E-state index in [0.717, 1.165) is 4.47 Å². The molecule has 0 amide bonds. The van der Waals surface area contributed by atoms with E-state index in [4.69, 9.17) is 39.5 Å². The minimum atomic E-state index is 0.234. The number of ether oxygens (including phenoxy) is 1. The van der Waals surface area contributed by atoms with Crippen LogP contribution in [0, 0.1) is 0 Å². The summed E-state index contributed by atoms with van der Waals surface area (Å²) >= 11 is 20.9. The number of pyridine rings is 1. The standard InChI is InChI=1S/C12H7BrCl3NO/c13-8-5-7(15)1-3-11(8)18-12-4-2-9(16)10(6-14)17-12/h1-5H,6H2. The molecule has 0 N–H and O–H groups in total. The van der Waals surface area contributed by atoms with Crippen molar-refractivity contribution in [1.82, 2.24) is 4.98 Å². The highest BCUT2D eigenvalue weighted by Gasteiger charge is 2.07. The van der Waals surface area contributed by atoms with Gasteiger partial charge in [-0.05, 0) is 40.2 Å². The highest BCUT2D eigenvalue weighted by Crippen LogP contribution is 2.32. The molecule has 0 radical (unpaired) electrons. The Kier molecular flexibility index (Phi) is 4.73. The summed E-state index contributed by atoms with van der Waals surface area (Å²) in [4.78, 5) is 4.21. The molecule has 2 rings (SSSR count). The van der Waals surface area contributed by atoms with Gasteiger partial charge in [0, 0.05) is 11.1 Å². The smallest absolute Gasteiger partial charge is 0.219 e. The van der Waals surface area contributed by atoms with Crippen LogP contribution in [-0.4, -0.2) is 4.98 Å². The monoisotopic (exact) mass is 365 g/mol. The van der Waals surface area contributed by atoms with E-state index in [1.807, 2.05) is 0 Å². The second-order valence-corrected chi connectivity index (χ2v) is 5.35. The Labute approximate surface area is 128 Å². The molecule has 94 valence electrons. The molecular formula is C12H7BrCl3NO. The number of benzene rings is 1. The van der Waals surface area contributed by atoms with Gasteiger partial charge in [-0.15, -0.1) is 11.6 Å². The Morgan fingerprint density at radius 1 is 1.17 bits per heavy atom. The summed E-state index contributed by atoms with van der Waals surface area (Å²) in [7, 11) is 0. The van der Waals surface area contributed by atoms with Crippen LogP contribution in [0.2, 0.25) is 10.0 Å². The third kappa shape index (κ3) is 3.29. The fourth-order valence-electron chi connectivity index (χ4n) is 1.29. The van der Waals surface area contributed by atoms with Crippen molar-refractivity contribution < 1.29 is 4.74 Å². The predicted molar refractivity (Wildman–Crippen MR) is 78.0 cm³/mol. The SMILES string of the molecule is ClCc1nc(Oc2ccc(Cl)cc2Br)ccc1Cl. The van der Waals surface area contributed by atoms with Crippen molar-refractivity contribution in [2.24, 2.45) is 0 Å². The average molecular weight is 367 g/mol. The first-order chi connectivity index (χ1) is 8.60. The minimum Gasteiger partial charge on any atom is -0.438 e. The van der Waals surface area contributed by atoms with E-state index < -0.39 is 0 Å². The van der Waals surface area contributed by atoms with E-state index >= 15 is 0 Å². The number of aromatic nitrogens is 1.